The van der Waals surface area contributed by atoms with Gasteiger partial charge in [0.05, 0.1) is 21.8 Å². The van der Waals surface area contributed by atoms with Crippen LogP contribution in [0.2, 0.25) is 0 Å². The second kappa shape index (κ2) is 8.89. The van der Waals surface area contributed by atoms with E-state index in [9.17, 15) is 0 Å². The Labute approximate surface area is 198 Å². The van der Waals surface area contributed by atoms with E-state index in [-0.39, 0.29) is 5.41 Å². The average Bonchev–Trinajstić information content (AvgIpc) is 3.51. The van der Waals surface area contributed by atoms with E-state index in [0.717, 1.165) is 10.9 Å². The number of hydrogen-bond acceptors (Lipinski definition) is 7. The van der Waals surface area contributed by atoms with Crippen LogP contribution in [0.15, 0.2) is 39.3 Å². The molecule has 1 heterocycles. The third kappa shape index (κ3) is 4.25. The van der Waals surface area contributed by atoms with Crippen molar-refractivity contribution in [3.05, 3.63) is 29.4 Å². The molecule has 4 fully saturated rings. The molecule has 0 saturated heterocycles. The van der Waals surface area contributed by atoms with Crippen LogP contribution < -0.4 is 16.6 Å². The Hall–Kier alpha value is -1.74. The lowest BCUT2D eigenvalue weighted by molar-refractivity contribution is 0.0833. The molecule has 1 aromatic heterocycles. The molecule has 4 aliphatic carbocycles. The molecule has 6 nitrogen and oxygen atoms in total. The number of aromatic nitrogens is 1. The Balaban J connectivity index is 1.44. The van der Waals surface area contributed by atoms with Crippen molar-refractivity contribution in [2.75, 3.05) is 14.1 Å². The highest BCUT2D eigenvalue weighted by molar-refractivity contribution is 8.00. The van der Waals surface area contributed by atoms with Gasteiger partial charge in [-0.05, 0) is 70.5 Å². The minimum atomic E-state index is 0.288. The van der Waals surface area contributed by atoms with E-state index in [4.69, 9.17) is 10.8 Å². The summed E-state index contributed by atoms with van der Waals surface area (Å²) >= 11 is 3.88. The maximum absolute atomic E-state index is 5.59. The summed E-state index contributed by atoms with van der Waals surface area (Å²) in [5, 5.41) is 5.68. The second-order valence-electron chi connectivity index (χ2n) is 9.37. The van der Waals surface area contributed by atoms with Crippen molar-refractivity contribution in [2.24, 2.45) is 15.8 Å². The molecule has 4 saturated carbocycles. The first-order valence-corrected chi connectivity index (χ1v) is 13.2. The first-order valence-electron chi connectivity index (χ1n) is 11.5. The first kappa shape index (κ1) is 22.1. The van der Waals surface area contributed by atoms with Gasteiger partial charge in [0.25, 0.3) is 0 Å². The molecule has 0 radical (unpaired) electrons. The van der Waals surface area contributed by atoms with Crippen molar-refractivity contribution in [3.8, 4) is 10.4 Å². The zero-order valence-electron chi connectivity index (χ0n) is 18.9. The number of hydrazine groups is 1. The van der Waals surface area contributed by atoms with Crippen LogP contribution in [0.25, 0.3) is 10.4 Å². The van der Waals surface area contributed by atoms with Crippen molar-refractivity contribution in [3.63, 3.8) is 0 Å². The smallest absolute Gasteiger partial charge is 0.158 e. The Morgan fingerprint density at radius 3 is 2.59 bits per heavy atom. The van der Waals surface area contributed by atoms with E-state index in [1.807, 2.05) is 23.1 Å². The third-order valence-electron chi connectivity index (χ3n) is 7.43. The maximum atomic E-state index is 5.59. The Kier molecular flexibility index (Phi) is 6.13. The van der Waals surface area contributed by atoms with Gasteiger partial charge < -0.3 is 10.7 Å². The second-order valence-corrected chi connectivity index (χ2v) is 11.7. The number of aliphatic imine (C=N–C) groups is 2. The number of nitrogens with zero attached hydrogens (tertiary/aromatic N) is 3. The molecule has 0 aliphatic heterocycles. The van der Waals surface area contributed by atoms with Crippen molar-refractivity contribution >= 4 is 40.8 Å². The molecule has 0 amide bonds. The van der Waals surface area contributed by atoms with Gasteiger partial charge in [0.1, 0.15) is 0 Å². The molecule has 2 aromatic rings. The Bertz CT molecular complexity index is 1010. The van der Waals surface area contributed by atoms with Crippen LogP contribution in [-0.4, -0.2) is 41.9 Å². The maximum Gasteiger partial charge on any atom is 0.158 e. The number of thioether (sulfide) groups is 1. The lowest BCUT2D eigenvalue weighted by atomic mass is 9.57. The molecule has 6 rings (SSSR count). The number of fused-ring (bicyclic) bond motifs is 3. The SMILES string of the molecule is CN=CC(=Nc1ccc(-c2cnc(C34CCC(NC)(CC3)CC4)s2)c(SC2CC2)c1)NN. The number of hydrogen-bond donors (Lipinski definition) is 3. The summed E-state index contributed by atoms with van der Waals surface area (Å²) in [7, 11) is 3.84. The van der Waals surface area contributed by atoms with Gasteiger partial charge in [-0.1, -0.05) is 6.07 Å². The van der Waals surface area contributed by atoms with E-state index in [2.05, 4.69) is 52.2 Å². The summed E-state index contributed by atoms with van der Waals surface area (Å²) in [6.07, 6.45) is 13.9. The van der Waals surface area contributed by atoms with Crippen LogP contribution in [0.3, 0.4) is 0 Å². The third-order valence-corrected chi connectivity index (χ3v) is 10.1. The van der Waals surface area contributed by atoms with E-state index in [1.54, 1.807) is 13.3 Å². The lowest BCUT2D eigenvalue weighted by Crippen LogP contribution is -2.54. The van der Waals surface area contributed by atoms with E-state index in [1.165, 1.54) is 71.7 Å². The molecular formula is C24H32N6S2. The highest BCUT2D eigenvalue weighted by Gasteiger charge is 2.50. The molecule has 170 valence electrons. The number of benzene rings is 1. The van der Waals surface area contributed by atoms with Crippen molar-refractivity contribution < 1.29 is 0 Å². The molecule has 0 unspecified atom stereocenters. The highest BCUT2D eigenvalue weighted by Crippen LogP contribution is 2.55. The Morgan fingerprint density at radius 1 is 1.22 bits per heavy atom. The fourth-order valence-electron chi connectivity index (χ4n) is 5.13. The van der Waals surface area contributed by atoms with Crippen LogP contribution >= 0.6 is 23.1 Å². The van der Waals surface area contributed by atoms with Crippen LogP contribution in [0.5, 0.6) is 0 Å². The van der Waals surface area contributed by atoms with Gasteiger partial charge in [0.2, 0.25) is 0 Å². The molecule has 2 bridgehead atoms. The van der Waals surface area contributed by atoms with Gasteiger partial charge in [-0.15, -0.1) is 23.1 Å². The summed E-state index contributed by atoms with van der Waals surface area (Å²) in [6.45, 7) is 0. The largest absolute Gasteiger partial charge is 0.314 e. The summed E-state index contributed by atoms with van der Waals surface area (Å²) in [4.78, 5) is 16.2. The summed E-state index contributed by atoms with van der Waals surface area (Å²) < 4.78 is 0. The molecule has 4 N–H and O–H groups in total. The molecule has 32 heavy (non-hydrogen) atoms. The van der Waals surface area contributed by atoms with Crippen LogP contribution in [0, 0.1) is 0 Å². The van der Waals surface area contributed by atoms with E-state index < -0.39 is 0 Å². The summed E-state index contributed by atoms with van der Waals surface area (Å²) in [6, 6.07) is 6.44. The van der Waals surface area contributed by atoms with Gasteiger partial charge in [-0.25, -0.2) is 15.8 Å². The monoisotopic (exact) mass is 468 g/mol. The molecule has 0 spiro atoms. The van der Waals surface area contributed by atoms with Gasteiger partial charge in [-0.2, -0.15) is 0 Å². The number of nitrogens with one attached hydrogen (secondary N) is 2. The molecule has 8 heteroatoms. The topological polar surface area (TPSA) is 87.7 Å². The number of thiazole rings is 1. The average molecular weight is 469 g/mol. The van der Waals surface area contributed by atoms with Crippen molar-refractivity contribution in [1.29, 1.82) is 0 Å². The predicted molar refractivity (Wildman–Crippen MR) is 136 cm³/mol. The molecule has 1 aromatic carbocycles. The van der Waals surface area contributed by atoms with Gasteiger partial charge in [0, 0.05) is 39.9 Å². The zero-order chi connectivity index (χ0) is 22.2. The van der Waals surface area contributed by atoms with Crippen LogP contribution in [-0.2, 0) is 5.41 Å². The fourth-order valence-corrected chi connectivity index (χ4v) is 7.65. The summed E-state index contributed by atoms with van der Waals surface area (Å²) in [5.41, 5.74) is 5.45. The van der Waals surface area contributed by atoms with Gasteiger partial charge in [-0.3, -0.25) is 4.99 Å². The highest BCUT2D eigenvalue weighted by atomic mass is 32.2. The van der Waals surface area contributed by atoms with Crippen LogP contribution in [0.4, 0.5) is 5.69 Å². The van der Waals surface area contributed by atoms with Gasteiger partial charge >= 0.3 is 0 Å². The quantitative estimate of drug-likeness (QED) is 0.235. The molecule has 0 atom stereocenters. The standard InChI is InChI=1S/C24H32N6S2/c1-26-15-21(30-25)29-16-3-6-18(19(13-16)31-17-4-5-17)20-14-28-22(32-20)23-7-10-24(27-2,11-8-23)12-9-23/h3,6,13-15,17,27H,4-5,7-12,25H2,1-2H3,(H,29,30). The van der Waals surface area contributed by atoms with Crippen LogP contribution in [0.1, 0.15) is 56.4 Å². The zero-order valence-corrected chi connectivity index (χ0v) is 20.5. The first-order chi connectivity index (χ1) is 15.6. The molecule has 4 aliphatic rings. The fraction of sp³-hybridized carbons (Fsp3) is 0.542. The van der Waals surface area contributed by atoms with Gasteiger partial charge in [0.15, 0.2) is 5.84 Å². The molecular weight excluding hydrogens is 436 g/mol. The van der Waals surface area contributed by atoms with E-state index >= 15 is 0 Å². The number of amidine groups is 1. The normalized spacial score (nSPS) is 27.9. The lowest BCUT2D eigenvalue weighted by Gasteiger charge is -2.52. The minimum absolute atomic E-state index is 0.288. The number of rotatable bonds is 7. The van der Waals surface area contributed by atoms with E-state index in [0.29, 0.717) is 11.4 Å². The van der Waals surface area contributed by atoms with Crippen molar-refractivity contribution in [1.82, 2.24) is 15.7 Å². The predicted octanol–water partition coefficient (Wildman–Crippen LogP) is 4.82. The number of nitrogens with two attached hydrogens (primary N) is 1. The van der Waals surface area contributed by atoms with Crippen molar-refractivity contribution in [2.45, 2.75) is 72.5 Å². The Morgan fingerprint density at radius 2 is 1.97 bits per heavy atom. The minimum Gasteiger partial charge on any atom is -0.314 e. The summed E-state index contributed by atoms with van der Waals surface area (Å²) in [5.74, 6) is 6.14.